The van der Waals surface area contributed by atoms with Crippen LogP contribution in [0.3, 0.4) is 0 Å². The third-order valence-electron chi connectivity index (χ3n) is 7.18. The molecule has 0 aliphatic carbocycles. The Balaban J connectivity index is 1.16. The summed E-state index contributed by atoms with van der Waals surface area (Å²) < 4.78 is 40.8. The highest BCUT2D eigenvalue weighted by Gasteiger charge is 2.26. The number of aliphatic imine (C=N–C) groups is 1. The van der Waals surface area contributed by atoms with Gasteiger partial charge in [0.15, 0.2) is 0 Å². The minimum Gasteiger partial charge on any atom is -0.379 e. The Morgan fingerprint density at radius 1 is 0.868 bits per heavy atom. The number of anilines is 2. The molecule has 1 N–H and O–H groups in total. The molecule has 2 aromatic carbocycles. The molecule has 6 rings (SSSR count). The Kier molecular flexibility index (Phi) is 7.37. The molecule has 3 aromatic rings. The van der Waals surface area contributed by atoms with Crippen LogP contribution in [0.2, 0.25) is 0 Å². The molecule has 3 aliphatic heterocycles. The van der Waals surface area contributed by atoms with E-state index in [-0.39, 0.29) is 12.1 Å². The second kappa shape index (κ2) is 11.2. The molecule has 0 spiro atoms. The molecule has 10 heteroatoms. The Hall–Kier alpha value is -3.31. The summed E-state index contributed by atoms with van der Waals surface area (Å²) >= 11 is 0. The van der Waals surface area contributed by atoms with Gasteiger partial charge in [-0.1, -0.05) is 12.1 Å². The lowest BCUT2D eigenvalue weighted by Crippen LogP contribution is -2.36. The number of nitrogens with zero attached hydrogens (tertiary/aromatic N) is 5. The Labute approximate surface area is 220 Å². The fraction of sp³-hybridized carbons (Fsp3) is 0.393. The maximum absolute atomic E-state index is 15.0. The van der Waals surface area contributed by atoms with Crippen molar-refractivity contribution in [2.75, 3.05) is 57.9 Å². The number of aromatic nitrogens is 2. The van der Waals surface area contributed by atoms with E-state index in [1.807, 2.05) is 17.0 Å². The molecular weight excluding hydrogens is 490 g/mol. The lowest BCUT2D eigenvalue weighted by molar-refractivity contribution is 0.0332. The fourth-order valence-electron chi connectivity index (χ4n) is 5.02. The van der Waals surface area contributed by atoms with E-state index in [0.29, 0.717) is 49.2 Å². The first-order valence-electron chi connectivity index (χ1n) is 13.0. The molecule has 1 unspecified atom stereocenters. The molecule has 0 radical (unpaired) electrons. The van der Waals surface area contributed by atoms with Crippen molar-refractivity contribution in [1.82, 2.24) is 19.8 Å². The van der Waals surface area contributed by atoms with Gasteiger partial charge in [0.1, 0.15) is 17.3 Å². The molecule has 1 atom stereocenters. The number of hydrogen-bond acceptors (Lipinski definition) is 8. The van der Waals surface area contributed by atoms with Gasteiger partial charge in [-0.05, 0) is 35.4 Å². The summed E-state index contributed by atoms with van der Waals surface area (Å²) in [6.07, 6.45) is 3.30. The first kappa shape index (κ1) is 25.0. The maximum atomic E-state index is 15.0. The Morgan fingerprint density at radius 3 is 2.16 bits per heavy atom. The van der Waals surface area contributed by atoms with Crippen LogP contribution in [0.4, 0.5) is 26.1 Å². The van der Waals surface area contributed by atoms with Crippen molar-refractivity contribution in [2.45, 2.75) is 19.0 Å². The van der Waals surface area contributed by atoms with Crippen LogP contribution in [-0.4, -0.2) is 78.6 Å². The number of fused-ring (bicyclic) bond motifs is 1. The van der Waals surface area contributed by atoms with Crippen LogP contribution in [0.5, 0.6) is 0 Å². The lowest BCUT2D eigenvalue weighted by Gasteiger charge is -2.27. The molecule has 2 fully saturated rings. The fourth-order valence-corrected chi connectivity index (χ4v) is 5.02. The zero-order chi connectivity index (χ0) is 25.9. The molecule has 1 aromatic heterocycles. The summed E-state index contributed by atoms with van der Waals surface area (Å²) in [5.41, 5.74) is 3.85. The quantitative estimate of drug-likeness (QED) is 0.505. The Bertz CT molecular complexity index is 1280. The number of hydrogen-bond donors (Lipinski definition) is 1. The van der Waals surface area contributed by atoms with Crippen LogP contribution < -0.4 is 5.32 Å². The van der Waals surface area contributed by atoms with Gasteiger partial charge in [0.2, 0.25) is 5.95 Å². The molecule has 4 heterocycles. The van der Waals surface area contributed by atoms with Crippen LogP contribution in [0, 0.1) is 11.6 Å². The molecule has 0 amide bonds. The molecule has 198 valence electrons. The summed E-state index contributed by atoms with van der Waals surface area (Å²) in [4.78, 5) is 17.8. The smallest absolute Gasteiger partial charge is 0.227 e. The monoisotopic (exact) mass is 520 g/mol. The van der Waals surface area contributed by atoms with Crippen molar-refractivity contribution in [3.05, 3.63) is 76.6 Å². The first-order valence-corrected chi connectivity index (χ1v) is 13.0. The van der Waals surface area contributed by atoms with E-state index < -0.39 is 17.6 Å². The average molecular weight is 521 g/mol. The minimum absolute atomic E-state index is 0.0768. The lowest BCUT2D eigenvalue weighted by atomic mass is 9.95. The van der Waals surface area contributed by atoms with Gasteiger partial charge in [0, 0.05) is 56.7 Å². The van der Waals surface area contributed by atoms with Crippen LogP contribution in [0.25, 0.3) is 0 Å². The highest BCUT2D eigenvalue weighted by molar-refractivity contribution is 5.83. The van der Waals surface area contributed by atoms with E-state index in [4.69, 9.17) is 9.47 Å². The molecule has 2 saturated heterocycles. The number of halogens is 2. The van der Waals surface area contributed by atoms with E-state index in [0.717, 1.165) is 38.5 Å². The standard InChI is InChI=1S/C28H30F2N6O2/c29-24-13-20(14-25(30)23(24)18-36-7-11-38-12-8-36)22-15-31-26-16-32-28(34-27(22)26)33-21-3-1-19(2-4-21)17-35-5-9-37-10-6-35/h1-4,13-16,22H,5-12,17-18H2,(H,32,33,34). The number of morpholine rings is 2. The zero-order valence-electron chi connectivity index (χ0n) is 21.1. The first-order chi connectivity index (χ1) is 18.6. The van der Waals surface area contributed by atoms with Gasteiger partial charge in [0.05, 0.1) is 44.2 Å². The molecule has 0 saturated carbocycles. The van der Waals surface area contributed by atoms with Gasteiger partial charge in [0.25, 0.3) is 0 Å². The van der Waals surface area contributed by atoms with E-state index >= 15 is 8.78 Å². The summed E-state index contributed by atoms with van der Waals surface area (Å²) in [7, 11) is 0. The second-order valence-electron chi connectivity index (χ2n) is 9.78. The molecule has 0 bridgehead atoms. The largest absolute Gasteiger partial charge is 0.379 e. The average Bonchev–Trinajstić information content (AvgIpc) is 3.36. The number of benzene rings is 2. The van der Waals surface area contributed by atoms with Crippen molar-refractivity contribution < 1.29 is 18.3 Å². The molecular formula is C28H30F2N6O2. The van der Waals surface area contributed by atoms with Gasteiger partial charge in [-0.3, -0.25) is 14.8 Å². The third-order valence-corrected chi connectivity index (χ3v) is 7.18. The summed E-state index contributed by atoms with van der Waals surface area (Å²) in [6, 6.07) is 11.0. The molecule has 3 aliphatic rings. The van der Waals surface area contributed by atoms with Gasteiger partial charge >= 0.3 is 0 Å². The van der Waals surface area contributed by atoms with Crippen LogP contribution in [0.15, 0.2) is 47.6 Å². The number of nitrogens with one attached hydrogen (secondary N) is 1. The minimum atomic E-state index is -0.557. The maximum Gasteiger partial charge on any atom is 0.227 e. The van der Waals surface area contributed by atoms with Crippen LogP contribution in [-0.2, 0) is 22.6 Å². The normalized spacial score (nSPS) is 20.0. The van der Waals surface area contributed by atoms with Crippen molar-refractivity contribution in [3.8, 4) is 0 Å². The summed E-state index contributed by atoms with van der Waals surface area (Å²) in [6.45, 7) is 7.01. The van der Waals surface area contributed by atoms with Crippen molar-refractivity contribution in [3.63, 3.8) is 0 Å². The van der Waals surface area contributed by atoms with Crippen molar-refractivity contribution >= 4 is 23.5 Å². The zero-order valence-corrected chi connectivity index (χ0v) is 21.1. The van der Waals surface area contributed by atoms with Crippen molar-refractivity contribution in [2.24, 2.45) is 4.99 Å². The third kappa shape index (κ3) is 5.58. The van der Waals surface area contributed by atoms with Crippen LogP contribution >= 0.6 is 0 Å². The Morgan fingerprint density at radius 2 is 1.50 bits per heavy atom. The van der Waals surface area contributed by atoms with Gasteiger partial charge in [-0.2, -0.15) is 0 Å². The van der Waals surface area contributed by atoms with E-state index in [1.54, 1.807) is 12.4 Å². The predicted octanol–water partition coefficient (Wildman–Crippen LogP) is 4.01. The van der Waals surface area contributed by atoms with E-state index in [9.17, 15) is 0 Å². The summed E-state index contributed by atoms with van der Waals surface area (Å²) in [5, 5.41) is 3.24. The van der Waals surface area contributed by atoms with Gasteiger partial charge in [-0.25, -0.2) is 18.7 Å². The van der Waals surface area contributed by atoms with Gasteiger partial charge < -0.3 is 14.8 Å². The van der Waals surface area contributed by atoms with E-state index in [2.05, 4.69) is 37.3 Å². The molecule has 8 nitrogen and oxygen atoms in total. The molecule has 38 heavy (non-hydrogen) atoms. The highest BCUT2D eigenvalue weighted by atomic mass is 19.1. The van der Waals surface area contributed by atoms with Crippen LogP contribution in [0.1, 0.15) is 28.3 Å². The number of ether oxygens (including phenoxy) is 2. The van der Waals surface area contributed by atoms with Crippen molar-refractivity contribution in [1.29, 1.82) is 0 Å². The van der Waals surface area contributed by atoms with Gasteiger partial charge in [-0.15, -0.1) is 0 Å². The topological polar surface area (TPSA) is 75.1 Å². The second-order valence-corrected chi connectivity index (χ2v) is 9.78. The predicted molar refractivity (Wildman–Crippen MR) is 140 cm³/mol. The number of rotatable bonds is 7. The van der Waals surface area contributed by atoms with E-state index in [1.165, 1.54) is 17.7 Å². The summed E-state index contributed by atoms with van der Waals surface area (Å²) in [5.74, 6) is -1.16. The SMILES string of the molecule is Fc1cc(C2C=Nc3cnc(Nc4ccc(CN5CCOCC5)cc4)nc32)cc(F)c1CN1CCOCC1. The highest BCUT2D eigenvalue weighted by Crippen LogP contribution is 2.36.